The molecule has 0 amide bonds. The number of anilines is 2. The fraction of sp³-hybridized carbons (Fsp3) is 0.316. The molecule has 0 bridgehead atoms. The van der Waals surface area contributed by atoms with Gasteiger partial charge in [-0.2, -0.15) is 0 Å². The van der Waals surface area contributed by atoms with E-state index in [2.05, 4.69) is 15.3 Å². The normalized spacial score (nSPS) is 10.7. The van der Waals surface area contributed by atoms with Gasteiger partial charge < -0.3 is 14.8 Å². The first-order valence-electron chi connectivity index (χ1n) is 8.50. The van der Waals surface area contributed by atoms with E-state index in [0.717, 1.165) is 33.2 Å². The standard InChI is InChI=1S/C19H21N3O3S/c1-4-24-14-6-7-16-15(10-14)17(8-12(3)20-16)22-19-21-13(11-26-19)9-18(23)25-5-2/h6-8,10-11H,4-5,9H2,1-3H3,(H,20,21,22). The van der Waals surface area contributed by atoms with E-state index in [0.29, 0.717) is 18.9 Å². The topological polar surface area (TPSA) is 73.3 Å². The van der Waals surface area contributed by atoms with E-state index in [1.54, 1.807) is 6.92 Å². The van der Waals surface area contributed by atoms with Crippen LogP contribution in [0.5, 0.6) is 5.75 Å². The van der Waals surface area contributed by atoms with E-state index in [1.165, 1.54) is 11.3 Å². The number of nitrogens with one attached hydrogen (secondary N) is 1. The number of esters is 1. The molecule has 2 heterocycles. The van der Waals surface area contributed by atoms with Crippen LogP contribution in [0.4, 0.5) is 10.8 Å². The van der Waals surface area contributed by atoms with E-state index < -0.39 is 0 Å². The molecule has 1 N–H and O–H groups in total. The highest BCUT2D eigenvalue weighted by Gasteiger charge is 2.11. The lowest BCUT2D eigenvalue weighted by Crippen LogP contribution is -2.07. The van der Waals surface area contributed by atoms with Crippen molar-refractivity contribution in [2.45, 2.75) is 27.2 Å². The van der Waals surface area contributed by atoms with Crippen LogP contribution in [0.15, 0.2) is 29.6 Å². The third-order valence-corrected chi connectivity index (χ3v) is 4.45. The monoisotopic (exact) mass is 371 g/mol. The van der Waals surface area contributed by atoms with Crippen molar-refractivity contribution in [3.63, 3.8) is 0 Å². The Morgan fingerprint density at radius 3 is 2.81 bits per heavy atom. The van der Waals surface area contributed by atoms with Crippen molar-refractivity contribution >= 4 is 39.0 Å². The summed E-state index contributed by atoms with van der Waals surface area (Å²) in [5, 5.41) is 6.89. The lowest BCUT2D eigenvalue weighted by atomic mass is 10.1. The Morgan fingerprint density at radius 1 is 1.19 bits per heavy atom. The molecule has 0 fully saturated rings. The van der Waals surface area contributed by atoms with Gasteiger partial charge in [-0.1, -0.05) is 0 Å². The van der Waals surface area contributed by atoms with Gasteiger partial charge in [0.2, 0.25) is 0 Å². The molecule has 6 nitrogen and oxygen atoms in total. The number of hydrogen-bond donors (Lipinski definition) is 1. The van der Waals surface area contributed by atoms with E-state index in [9.17, 15) is 4.79 Å². The molecule has 0 aliphatic carbocycles. The first-order valence-corrected chi connectivity index (χ1v) is 9.38. The molecular weight excluding hydrogens is 350 g/mol. The number of fused-ring (bicyclic) bond motifs is 1. The Balaban J connectivity index is 1.87. The molecule has 26 heavy (non-hydrogen) atoms. The predicted octanol–water partition coefficient (Wildman–Crippen LogP) is 4.25. The minimum absolute atomic E-state index is 0.177. The van der Waals surface area contributed by atoms with Crippen LogP contribution in [0.2, 0.25) is 0 Å². The summed E-state index contributed by atoms with van der Waals surface area (Å²) in [6, 6.07) is 7.82. The number of rotatable bonds is 7. The second-order valence-corrected chi connectivity index (χ2v) is 6.53. The molecule has 2 aromatic heterocycles. The molecule has 7 heteroatoms. The highest BCUT2D eigenvalue weighted by atomic mass is 32.1. The van der Waals surface area contributed by atoms with Crippen molar-refractivity contribution in [3.05, 3.63) is 41.0 Å². The van der Waals surface area contributed by atoms with Gasteiger partial charge >= 0.3 is 5.97 Å². The maximum Gasteiger partial charge on any atom is 0.311 e. The first-order chi connectivity index (χ1) is 12.6. The SMILES string of the molecule is CCOC(=O)Cc1csc(Nc2cc(C)nc3ccc(OCC)cc23)n1. The molecule has 0 spiro atoms. The van der Waals surface area contributed by atoms with Crippen LogP contribution >= 0.6 is 11.3 Å². The average Bonchev–Trinajstić information content (AvgIpc) is 3.02. The molecule has 0 radical (unpaired) electrons. The van der Waals surface area contributed by atoms with Gasteiger partial charge in [0, 0.05) is 16.5 Å². The fourth-order valence-corrected chi connectivity index (χ4v) is 3.34. The van der Waals surface area contributed by atoms with E-state index >= 15 is 0 Å². The number of carbonyl (C=O) groups excluding carboxylic acids is 1. The lowest BCUT2D eigenvalue weighted by Gasteiger charge is -2.10. The second-order valence-electron chi connectivity index (χ2n) is 5.67. The van der Waals surface area contributed by atoms with E-state index in [-0.39, 0.29) is 12.4 Å². The molecule has 3 aromatic rings. The number of nitrogens with zero attached hydrogens (tertiary/aromatic N) is 2. The molecule has 0 saturated heterocycles. The van der Waals surface area contributed by atoms with Gasteiger partial charge in [0.25, 0.3) is 0 Å². The number of aromatic nitrogens is 2. The zero-order valence-electron chi connectivity index (χ0n) is 15.0. The summed E-state index contributed by atoms with van der Waals surface area (Å²) in [4.78, 5) is 20.6. The summed E-state index contributed by atoms with van der Waals surface area (Å²) < 4.78 is 10.6. The van der Waals surface area contributed by atoms with Gasteiger partial charge in [0.1, 0.15) is 5.75 Å². The van der Waals surface area contributed by atoms with E-state index in [4.69, 9.17) is 9.47 Å². The van der Waals surface area contributed by atoms with Gasteiger partial charge in [0.15, 0.2) is 5.13 Å². The van der Waals surface area contributed by atoms with Crippen molar-refractivity contribution in [1.29, 1.82) is 0 Å². The van der Waals surface area contributed by atoms with Crippen LogP contribution in [0.1, 0.15) is 25.2 Å². The Morgan fingerprint density at radius 2 is 2.04 bits per heavy atom. The second kappa shape index (κ2) is 8.14. The molecule has 1 aromatic carbocycles. The molecule has 3 rings (SSSR count). The first kappa shape index (κ1) is 18.1. The Bertz CT molecular complexity index is 924. The number of ether oxygens (including phenoxy) is 2. The molecule has 0 unspecified atom stereocenters. The van der Waals surface area contributed by atoms with Crippen LogP contribution in [0.25, 0.3) is 10.9 Å². The zero-order valence-corrected chi connectivity index (χ0v) is 15.9. The molecular formula is C19H21N3O3S. The Kier molecular flexibility index (Phi) is 5.68. The number of pyridine rings is 1. The van der Waals surface area contributed by atoms with Crippen LogP contribution in [0, 0.1) is 6.92 Å². The molecule has 0 saturated carbocycles. The largest absolute Gasteiger partial charge is 0.494 e. The summed E-state index contributed by atoms with van der Waals surface area (Å²) in [6.45, 7) is 6.68. The van der Waals surface area contributed by atoms with Crippen molar-refractivity contribution < 1.29 is 14.3 Å². The van der Waals surface area contributed by atoms with Crippen LogP contribution < -0.4 is 10.1 Å². The predicted molar refractivity (Wildman–Crippen MR) is 103 cm³/mol. The van der Waals surface area contributed by atoms with Gasteiger partial charge in [-0.25, -0.2) is 4.98 Å². The summed E-state index contributed by atoms with van der Waals surface area (Å²) in [7, 11) is 0. The maximum absolute atomic E-state index is 11.6. The van der Waals surface area contributed by atoms with Crippen molar-refractivity contribution in [2.24, 2.45) is 0 Å². The average molecular weight is 371 g/mol. The van der Waals surface area contributed by atoms with Crippen LogP contribution in [-0.2, 0) is 16.0 Å². The molecule has 0 aliphatic heterocycles. The number of hydrogen-bond acceptors (Lipinski definition) is 7. The number of carbonyl (C=O) groups is 1. The minimum Gasteiger partial charge on any atom is -0.494 e. The summed E-state index contributed by atoms with van der Waals surface area (Å²) >= 11 is 1.45. The lowest BCUT2D eigenvalue weighted by molar-refractivity contribution is -0.142. The third kappa shape index (κ3) is 4.29. The van der Waals surface area contributed by atoms with Gasteiger partial charge in [-0.3, -0.25) is 9.78 Å². The summed E-state index contributed by atoms with van der Waals surface area (Å²) in [6.07, 6.45) is 0.177. The van der Waals surface area contributed by atoms with Gasteiger partial charge in [-0.05, 0) is 45.0 Å². The minimum atomic E-state index is -0.268. The summed E-state index contributed by atoms with van der Waals surface area (Å²) in [5.41, 5.74) is 3.40. The number of aryl methyl sites for hydroxylation is 1. The smallest absolute Gasteiger partial charge is 0.311 e. The van der Waals surface area contributed by atoms with Crippen LogP contribution in [-0.4, -0.2) is 29.2 Å². The maximum atomic E-state index is 11.6. The van der Waals surface area contributed by atoms with Crippen molar-refractivity contribution in [3.8, 4) is 5.75 Å². The molecule has 0 atom stereocenters. The van der Waals surface area contributed by atoms with Gasteiger partial charge in [0.05, 0.1) is 36.5 Å². The Hall–Kier alpha value is -2.67. The van der Waals surface area contributed by atoms with Crippen molar-refractivity contribution in [2.75, 3.05) is 18.5 Å². The van der Waals surface area contributed by atoms with Gasteiger partial charge in [-0.15, -0.1) is 11.3 Å². The Labute approximate surface area is 156 Å². The quantitative estimate of drug-likeness (QED) is 0.626. The molecule has 136 valence electrons. The molecule has 0 aliphatic rings. The third-order valence-electron chi connectivity index (χ3n) is 3.64. The van der Waals surface area contributed by atoms with Crippen LogP contribution in [0.3, 0.4) is 0 Å². The highest BCUT2D eigenvalue weighted by molar-refractivity contribution is 7.13. The number of benzene rings is 1. The van der Waals surface area contributed by atoms with E-state index in [1.807, 2.05) is 43.5 Å². The highest BCUT2D eigenvalue weighted by Crippen LogP contribution is 2.30. The van der Waals surface area contributed by atoms with Crippen molar-refractivity contribution in [1.82, 2.24) is 9.97 Å². The number of thiazole rings is 1. The zero-order chi connectivity index (χ0) is 18.5. The fourth-order valence-electron chi connectivity index (χ4n) is 2.62. The summed E-state index contributed by atoms with van der Waals surface area (Å²) in [5.74, 6) is 0.534.